The van der Waals surface area contributed by atoms with E-state index in [0.717, 1.165) is 11.1 Å². The molecule has 2 rings (SSSR count). The molecule has 0 aromatic heterocycles. The first-order chi connectivity index (χ1) is 11.6. The number of nitrogens with two attached hydrogens (primary N) is 1. The van der Waals surface area contributed by atoms with Gasteiger partial charge in [-0.3, -0.25) is 9.59 Å². The van der Waals surface area contributed by atoms with Crippen LogP contribution in [0, 0.1) is 5.92 Å². The van der Waals surface area contributed by atoms with E-state index >= 15 is 0 Å². The lowest BCUT2D eigenvalue weighted by Gasteiger charge is -2.09. The van der Waals surface area contributed by atoms with Gasteiger partial charge in [0, 0.05) is 24.9 Å². The lowest BCUT2D eigenvalue weighted by molar-refractivity contribution is -0.121. The first-order valence-corrected chi connectivity index (χ1v) is 8.25. The average molecular weight is 361 g/mol. The number of nitrogens with one attached hydrogen (secondary N) is 1. The fourth-order valence-electron chi connectivity index (χ4n) is 2.31. The summed E-state index contributed by atoms with van der Waals surface area (Å²) in [5, 5.41) is 2.80. The molecule has 134 valence electrons. The highest BCUT2D eigenvalue weighted by Crippen LogP contribution is 2.19. The van der Waals surface area contributed by atoms with Crippen LogP contribution in [-0.2, 0) is 4.79 Å². The second kappa shape index (κ2) is 10.6. The molecule has 25 heavy (non-hydrogen) atoms. The lowest BCUT2D eigenvalue weighted by atomic mass is 10.0. The smallest absolute Gasteiger partial charge is 0.220 e. The molecule has 0 saturated carbocycles. The maximum Gasteiger partial charge on any atom is 0.220 e. The van der Waals surface area contributed by atoms with Crippen molar-refractivity contribution in [1.82, 2.24) is 5.32 Å². The van der Waals surface area contributed by atoms with Crippen molar-refractivity contribution >= 4 is 24.1 Å². The number of rotatable bonds is 8. The summed E-state index contributed by atoms with van der Waals surface area (Å²) in [5.74, 6) is 0.122. The molecule has 0 saturated heterocycles. The molecule has 2 aromatic carbocycles. The van der Waals surface area contributed by atoms with Crippen LogP contribution in [0.25, 0.3) is 11.1 Å². The Bertz CT molecular complexity index is 672. The molecule has 1 unspecified atom stereocenters. The molecule has 0 aliphatic heterocycles. The molecule has 1 amide bonds. The molecule has 5 heteroatoms. The molecule has 0 fully saturated rings. The Morgan fingerprint density at radius 3 is 2.16 bits per heavy atom. The number of hydrogen-bond donors (Lipinski definition) is 2. The summed E-state index contributed by atoms with van der Waals surface area (Å²) in [6.45, 7) is 3.06. The van der Waals surface area contributed by atoms with Gasteiger partial charge in [0.1, 0.15) is 0 Å². The number of carbonyl (C=O) groups excluding carboxylic acids is 2. The highest BCUT2D eigenvalue weighted by molar-refractivity contribution is 5.98. The zero-order valence-corrected chi connectivity index (χ0v) is 15.2. The number of halogens is 1. The van der Waals surface area contributed by atoms with Gasteiger partial charge >= 0.3 is 0 Å². The first-order valence-electron chi connectivity index (χ1n) is 8.25. The molecule has 0 bridgehead atoms. The van der Waals surface area contributed by atoms with E-state index in [-0.39, 0.29) is 42.9 Å². The molecule has 4 nitrogen and oxygen atoms in total. The van der Waals surface area contributed by atoms with E-state index in [0.29, 0.717) is 18.7 Å². The quantitative estimate of drug-likeness (QED) is 0.708. The number of ketones is 1. The number of hydrogen-bond acceptors (Lipinski definition) is 3. The van der Waals surface area contributed by atoms with Crippen LogP contribution < -0.4 is 11.1 Å². The van der Waals surface area contributed by atoms with E-state index in [2.05, 4.69) is 5.32 Å². The minimum Gasteiger partial charge on any atom is -0.356 e. The molecule has 0 heterocycles. The van der Waals surface area contributed by atoms with Crippen LogP contribution in [-0.4, -0.2) is 24.8 Å². The highest BCUT2D eigenvalue weighted by Gasteiger charge is 2.10. The van der Waals surface area contributed by atoms with Crippen molar-refractivity contribution in [3.63, 3.8) is 0 Å². The Kier molecular flexibility index (Phi) is 8.89. The van der Waals surface area contributed by atoms with Crippen LogP contribution in [0.4, 0.5) is 0 Å². The Hall–Kier alpha value is -2.17. The third-order valence-corrected chi connectivity index (χ3v) is 3.94. The van der Waals surface area contributed by atoms with Crippen LogP contribution in [0.3, 0.4) is 0 Å². The Morgan fingerprint density at radius 1 is 0.960 bits per heavy atom. The first kappa shape index (κ1) is 20.9. The van der Waals surface area contributed by atoms with Crippen LogP contribution in [0.5, 0.6) is 0 Å². The van der Waals surface area contributed by atoms with Gasteiger partial charge in [-0.15, -0.1) is 12.4 Å². The topological polar surface area (TPSA) is 72.2 Å². The van der Waals surface area contributed by atoms with Gasteiger partial charge in [-0.2, -0.15) is 0 Å². The summed E-state index contributed by atoms with van der Waals surface area (Å²) >= 11 is 0. The van der Waals surface area contributed by atoms with Gasteiger partial charge in [-0.1, -0.05) is 61.5 Å². The molecule has 0 spiro atoms. The summed E-state index contributed by atoms with van der Waals surface area (Å²) in [6.07, 6.45) is 0.421. The van der Waals surface area contributed by atoms with Crippen molar-refractivity contribution in [3.8, 4) is 11.1 Å². The second-order valence-electron chi connectivity index (χ2n) is 6.01. The fourth-order valence-corrected chi connectivity index (χ4v) is 2.31. The summed E-state index contributed by atoms with van der Waals surface area (Å²) in [5.41, 5.74) is 8.33. The van der Waals surface area contributed by atoms with Crippen molar-refractivity contribution in [1.29, 1.82) is 0 Å². The van der Waals surface area contributed by atoms with E-state index in [1.807, 2.05) is 61.5 Å². The van der Waals surface area contributed by atoms with Gasteiger partial charge in [0.15, 0.2) is 5.78 Å². The van der Waals surface area contributed by atoms with Crippen LogP contribution in [0.2, 0.25) is 0 Å². The Morgan fingerprint density at radius 2 is 1.56 bits per heavy atom. The second-order valence-corrected chi connectivity index (χ2v) is 6.01. The maximum atomic E-state index is 12.2. The Labute approximate surface area is 155 Å². The number of Topliss-reactive ketones (excluding diaryl/α,β-unsaturated/α-hetero) is 1. The van der Waals surface area contributed by atoms with Gasteiger partial charge in [-0.25, -0.2) is 0 Å². The summed E-state index contributed by atoms with van der Waals surface area (Å²) in [6, 6.07) is 17.5. The van der Waals surface area contributed by atoms with Crippen LogP contribution >= 0.6 is 12.4 Å². The summed E-state index contributed by atoms with van der Waals surface area (Å²) in [4.78, 5) is 23.9. The molecular weight excluding hydrogens is 336 g/mol. The van der Waals surface area contributed by atoms with Gasteiger partial charge in [0.05, 0.1) is 0 Å². The largest absolute Gasteiger partial charge is 0.356 e. The van der Waals surface area contributed by atoms with Crippen molar-refractivity contribution in [2.45, 2.75) is 19.8 Å². The van der Waals surface area contributed by atoms with E-state index < -0.39 is 0 Å². The van der Waals surface area contributed by atoms with Gasteiger partial charge < -0.3 is 11.1 Å². The lowest BCUT2D eigenvalue weighted by Crippen LogP contribution is -2.31. The minimum atomic E-state index is -0.107. The summed E-state index contributed by atoms with van der Waals surface area (Å²) < 4.78 is 0. The van der Waals surface area contributed by atoms with Crippen LogP contribution in [0.15, 0.2) is 54.6 Å². The molecule has 1 atom stereocenters. The van der Waals surface area contributed by atoms with Crippen molar-refractivity contribution in [3.05, 3.63) is 60.2 Å². The summed E-state index contributed by atoms with van der Waals surface area (Å²) in [7, 11) is 0. The Balaban J connectivity index is 0.00000312. The molecule has 0 aliphatic carbocycles. The van der Waals surface area contributed by atoms with Crippen molar-refractivity contribution < 1.29 is 9.59 Å². The zero-order valence-electron chi connectivity index (χ0n) is 14.4. The SMILES string of the molecule is CC(CN)CNC(=O)CCC(=O)c1ccc(-c2ccccc2)cc1.Cl. The molecule has 0 aliphatic rings. The third-order valence-electron chi connectivity index (χ3n) is 3.94. The van der Waals surface area contributed by atoms with Gasteiger partial charge in [0.25, 0.3) is 0 Å². The van der Waals surface area contributed by atoms with E-state index in [1.54, 1.807) is 0 Å². The normalized spacial score (nSPS) is 11.3. The number of carbonyl (C=O) groups is 2. The zero-order chi connectivity index (χ0) is 17.4. The monoisotopic (exact) mass is 360 g/mol. The molecule has 2 aromatic rings. The standard InChI is InChI=1S/C20H24N2O2.ClH/c1-15(13-21)14-22-20(24)12-11-19(23)18-9-7-17(8-10-18)16-5-3-2-4-6-16;/h2-10,15H,11-14,21H2,1H3,(H,22,24);1H. The highest BCUT2D eigenvalue weighted by atomic mass is 35.5. The van der Waals surface area contributed by atoms with Crippen molar-refractivity contribution in [2.75, 3.05) is 13.1 Å². The minimum absolute atomic E-state index is 0. The number of benzene rings is 2. The molecular formula is C20H25ClN2O2. The maximum absolute atomic E-state index is 12.2. The van der Waals surface area contributed by atoms with E-state index in [9.17, 15) is 9.59 Å². The van der Waals surface area contributed by atoms with Gasteiger partial charge in [-0.05, 0) is 23.6 Å². The number of amides is 1. The van der Waals surface area contributed by atoms with E-state index in [4.69, 9.17) is 5.73 Å². The average Bonchev–Trinajstić information content (AvgIpc) is 2.64. The predicted octanol–water partition coefficient (Wildman–Crippen LogP) is 3.45. The molecule has 3 N–H and O–H groups in total. The van der Waals surface area contributed by atoms with E-state index in [1.165, 1.54) is 0 Å². The van der Waals surface area contributed by atoms with Crippen LogP contribution in [0.1, 0.15) is 30.1 Å². The van der Waals surface area contributed by atoms with Gasteiger partial charge in [0.2, 0.25) is 5.91 Å². The molecule has 0 radical (unpaired) electrons. The fraction of sp³-hybridized carbons (Fsp3) is 0.300. The predicted molar refractivity (Wildman–Crippen MR) is 104 cm³/mol. The third kappa shape index (κ3) is 6.69. The van der Waals surface area contributed by atoms with Crippen molar-refractivity contribution in [2.24, 2.45) is 11.7 Å².